The third kappa shape index (κ3) is 5.43. The van der Waals surface area contributed by atoms with Crippen molar-refractivity contribution in [3.63, 3.8) is 0 Å². The highest BCUT2D eigenvalue weighted by atomic mass is 19.4. The monoisotopic (exact) mass is 378 g/mol. The number of aromatic nitrogens is 1. The van der Waals surface area contributed by atoms with E-state index in [4.69, 9.17) is 0 Å². The number of para-hydroxylation sites is 1. The van der Waals surface area contributed by atoms with Crippen molar-refractivity contribution in [3.8, 4) is 0 Å². The minimum Gasteiger partial charge on any atom is -0.355 e. The summed E-state index contributed by atoms with van der Waals surface area (Å²) in [5.74, 6) is 0.445. The summed E-state index contributed by atoms with van der Waals surface area (Å²) in [6.45, 7) is 2.97. The number of anilines is 2. The average molecular weight is 378 g/mol. The van der Waals surface area contributed by atoms with Crippen LogP contribution in [0.3, 0.4) is 0 Å². The molecule has 2 aromatic rings. The molecule has 1 aliphatic rings. The summed E-state index contributed by atoms with van der Waals surface area (Å²) in [5, 5.41) is 2.86. The topological polar surface area (TPSA) is 48.5 Å². The molecule has 0 radical (unpaired) electrons. The van der Waals surface area contributed by atoms with Gasteiger partial charge in [0.1, 0.15) is 5.82 Å². The molecule has 2 heterocycles. The standard InChI is InChI=1S/C19H21F3N4O/c20-19(21,22)15-7-8-17(23-13-15)26-10-4-9-25(11-12-26)14-18(27)24-16-5-2-1-3-6-16/h1-3,5-8,13H,4,9-12,14H2,(H,24,27). The first-order chi connectivity index (χ1) is 12.9. The fraction of sp³-hybridized carbons (Fsp3) is 0.368. The van der Waals surface area contributed by atoms with Gasteiger partial charge in [-0.2, -0.15) is 13.2 Å². The van der Waals surface area contributed by atoms with E-state index in [0.717, 1.165) is 30.9 Å². The summed E-state index contributed by atoms with van der Waals surface area (Å²) in [5.41, 5.74) is 0.00758. The molecule has 144 valence electrons. The van der Waals surface area contributed by atoms with E-state index < -0.39 is 11.7 Å². The third-order valence-electron chi connectivity index (χ3n) is 4.41. The van der Waals surface area contributed by atoms with E-state index in [9.17, 15) is 18.0 Å². The zero-order chi connectivity index (χ0) is 19.3. The van der Waals surface area contributed by atoms with Gasteiger partial charge in [0, 0.05) is 38.1 Å². The second-order valence-corrected chi connectivity index (χ2v) is 6.43. The predicted molar refractivity (Wildman–Crippen MR) is 97.6 cm³/mol. The normalized spacial score (nSPS) is 16.0. The highest BCUT2D eigenvalue weighted by Gasteiger charge is 2.31. The van der Waals surface area contributed by atoms with Crippen LogP contribution in [0.25, 0.3) is 0 Å². The Bertz CT molecular complexity index is 750. The van der Waals surface area contributed by atoms with Crippen LogP contribution in [0.5, 0.6) is 0 Å². The zero-order valence-corrected chi connectivity index (χ0v) is 14.7. The number of nitrogens with zero attached hydrogens (tertiary/aromatic N) is 3. The van der Waals surface area contributed by atoms with Crippen LogP contribution in [0.2, 0.25) is 0 Å². The largest absolute Gasteiger partial charge is 0.417 e. The number of hydrogen-bond acceptors (Lipinski definition) is 4. The molecule has 1 amide bonds. The molecule has 1 aliphatic heterocycles. The molecule has 1 N–H and O–H groups in total. The number of benzene rings is 1. The van der Waals surface area contributed by atoms with Crippen molar-refractivity contribution < 1.29 is 18.0 Å². The fourth-order valence-corrected chi connectivity index (χ4v) is 3.02. The van der Waals surface area contributed by atoms with Crippen molar-refractivity contribution in [2.24, 2.45) is 0 Å². The molecule has 5 nitrogen and oxygen atoms in total. The molecule has 0 spiro atoms. The average Bonchev–Trinajstić information content (AvgIpc) is 2.87. The maximum Gasteiger partial charge on any atom is 0.417 e. The lowest BCUT2D eigenvalue weighted by Crippen LogP contribution is -2.36. The Morgan fingerprint density at radius 1 is 1.04 bits per heavy atom. The van der Waals surface area contributed by atoms with Crippen molar-refractivity contribution in [2.75, 3.05) is 42.9 Å². The van der Waals surface area contributed by atoms with Crippen LogP contribution in [0.4, 0.5) is 24.7 Å². The lowest BCUT2D eigenvalue weighted by atomic mass is 10.2. The molecular formula is C19H21F3N4O. The lowest BCUT2D eigenvalue weighted by molar-refractivity contribution is -0.137. The van der Waals surface area contributed by atoms with Gasteiger partial charge >= 0.3 is 6.18 Å². The van der Waals surface area contributed by atoms with Gasteiger partial charge in [-0.3, -0.25) is 9.69 Å². The molecule has 0 bridgehead atoms. The number of pyridine rings is 1. The number of carbonyl (C=O) groups excluding carboxylic acids is 1. The zero-order valence-electron chi connectivity index (χ0n) is 14.7. The molecule has 0 saturated carbocycles. The van der Waals surface area contributed by atoms with Crippen molar-refractivity contribution in [2.45, 2.75) is 12.6 Å². The molecule has 1 aromatic carbocycles. The summed E-state index contributed by atoms with van der Waals surface area (Å²) in [6.07, 6.45) is -2.71. The highest BCUT2D eigenvalue weighted by Crippen LogP contribution is 2.29. The Labute approximate surface area is 155 Å². The van der Waals surface area contributed by atoms with E-state index in [2.05, 4.69) is 10.3 Å². The lowest BCUT2D eigenvalue weighted by Gasteiger charge is -2.22. The third-order valence-corrected chi connectivity index (χ3v) is 4.41. The van der Waals surface area contributed by atoms with E-state index in [0.29, 0.717) is 25.5 Å². The number of alkyl halides is 3. The summed E-state index contributed by atoms with van der Waals surface area (Å²) >= 11 is 0. The van der Waals surface area contributed by atoms with Crippen molar-refractivity contribution in [3.05, 3.63) is 54.2 Å². The first-order valence-corrected chi connectivity index (χ1v) is 8.77. The van der Waals surface area contributed by atoms with Crippen molar-refractivity contribution >= 4 is 17.4 Å². The molecule has 1 aromatic heterocycles. The van der Waals surface area contributed by atoms with Crippen LogP contribution >= 0.6 is 0 Å². The predicted octanol–water partition coefficient (Wildman–Crippen LogP) is 3.25. The summed E-state index contributed by atoms with van der Waals surface area (Å²) in [7, 11) is 0. The number of hydrogen-bond donors (Lipinski definition) is 1. The maximum atomic E-state index is 12.7. The molecule has 0 unspecified atom stereocenters. The van der Waals surface area contributed by atoms with Crippen LogP contribution in [0.1, 0.15) is 12.0 Å². The first kappa shape index (κ1) is 19.2. The van der Waals surface area contributed by atoms with Gasteiger partial charge in [0.05, 0.1) is 12.1 Å². The molecule has 3 rings (SSSR count). The molecule has 0 aliphatic carbocycles. The molecule has 27 heavy (non-hydrogen) atoms. The number of rotatable bonds is 4. The Morgan fingerprint density at radius 3 is 2.48 bits per heavy atom. The molecule has 1 fully saturated rings. The van der Waals surface area contributed by atoms with Crippen molar-refractivity contribution in [1.82, 2.24) is 9.88 Å². The number of amides is 1. The van der Waals surface area contributed by atoms with Crippen LogP contribution < -0.4 is 10.2 Å². The van der Waals surface area contributed by atoms with Gasteiger partial charge in [-0.1, -0.05) is 18.2 Å². The molecule has 0 atom stereocenters. The number of halogens is 3. The highest BCUT2D eigenvalue weighted by molar-refractivity contribution is 5.92. The summed E-state index contributed by atoms with van der Waals surface area (Å²) in [6, 6.07) is 11.7. The minimum atomic E-state index is -4.38. The second kappa shape index (κ2) is 8.39. The van der Waals surface area contributed by atoms with Gasteiger partial charge in [0.15, 0.2) is 0 Å². The smallest absolute Gasteiger partial charge is 0.355 e. The second-order valence-electron chi connectivity index (χ2n) is 6.43. The van der Waals surface area contributed by atoms with E-state index in [-0.39, 0.29) is 12.5 Å². The first-order valence-electron chi connectivity index (χ1n) is 8.77. The van der Waals surface area contributed by atoms with Crippen LogP contribution in [-0.4, -0.2) is 48.5 Å². The Balaban J connectivity index is 1.53. The quantitative estimate of drug-likeness (QED) is 0.887. The fourth-order valence-electron chi connectivity index (χ4n) is 3.02. The van der Waals surface area contributed by atoms with E-state index in [1.165, 1.54) is 6.07 Å². The van der Waals surface area contributed by atoms with Crippen molar-refractivity contribution in [1.29, 1.82) is 0 Å². The van der Waals surface area contributed by atoms with E-state index >= 15 is 0 Å². The van der Waals surface area contributed by atoms with Crippen LogP contribution in [0.15, 0.2) is 48.7 Å². The van der Waals surface area contributed by atoms with Gasteiger partial charge in [-0.05, 0) is 30.7 Å². The van der Waals surface area contributed by atoms with Gasteiger partial charge in [-0.15, -0.1) is 0 Å². The molecular weight excluding hydrogens is 357 g/mol. The Hall–Kier alpha value is -2.61. The van der Waals surface area contributed by atoms with Gasteiger partial charge in [0.2, 0.25) is 5.91 Å². The van der Waals surface area contributed by atoms with Gasteiger partial charge < -0.3 is 10.2 Å². The SMILES string of the molecule is O=C(CN1CCCN(c2ccc(C(F)(F)F)cn2)CC1)Nc1ccccc1. The molecule has 8 heteroatoms. The summed E-state index contributed by atoms with van der Waals surface area (Å²) in [4.78, 5) is 20.1. The van der Waals surface area contributed by atoms with Crippen LogP contribution in [0, 0.1) is 0 Å². The van der Waals surface area contributed by atoms with Gasteiger partial charge in [0.25, 0.3) is 0 Å². The Kier molecular flexibility index (Phi) is 5.95. The van der Waals surface area contributed by atoms with Crippen LogP contribution in [-0.2, 0) is 11.0 Å². The van der Waals surface area contributed by atoms with E-state index in [1.54, 1.807) is 0 Å². The number of nitrogens with one attached hydrogen (secondary N) is 1. The molecule has 1 saturated heterocycles. The van der Waals surface area contributed by atoms with Gasteiger partial charge in [-0.25, -0.2) is 4.98 Å². The number of carbonyl (C=O) groups is 1. The summed E-state index contributed by atoms with van der Waals surface area (Å²) < 4.78 is 38.0. The van der Waals surface area contributed by atoms with E-state index in [1.807, 2.05) is 40.1 Å². The Morgan fingerprint density at radius 2 is 1.81 bits per heavy atom. The maximum absolute atomic E-state index is 12.7. The minimum absolute atomic E-state index is 0.0812.